The molecule has 96 valence electrons. The molecular formula is C8H20N4O3S. The molecule has 0 bridgehead atoms. The number of oxime groups is 1. The summed E-state index contributed by atoms with van der Waals surface area (Å²) in [6.07, 6.45) is 2.36. The molecule has 1 unspecified atom stereocenters. The van der Waals surface area contributed by atoms with Crippen molar-refractivity contribution >= 4 is 15.9 Å². The molecule has 0 aromatic carbocycles. The Morgan fingerprint density at radius 2 is 2.12 bits per heavy atom. The highest BCUT2D eigenvalue weighted by Crippen LogP contribution is 1.96. The summed E-state index contributed by atoms with van der Waals surface area (Å²) in [5, 5.41) is 14.4. The average molecular weight is 252 g/mol. The van der Waals surface area contributed by atoms with Crippen molar-refractivity contribution in [1.82, 2.24) is 10.0 Å². The van der Waals surface area contributed by atoms with Gasteiger partial charge in [-0.1, -0.05) is 12.1 Å². The molecule has 0 saturated heterocycles. The molecular weight excluding hydrogens is 232 g/mol. The van der Waals surface area contributed by atoms with Crippen LogP contribution in [0.5, 0.6) is 0 Å². The Bertz CT molecular complexity index is 315. The van der Waals surface area contributed by atoms with Crippen LogP contribution in [-0.2, 0) is 10.0 Å². The zero-order valence-electron chi connectivity index (χ0n) is 9.60. The van der Waals surface area contributed by atoms with Gasteiger partial charge in [-0.25, -0.2) is 13.1 Å². The fourth-order valence-corrected chi connectivity index (χ4v) is 1.64. The quantitative estimate of drug-likeness (QED) is 0.146. The van der Waals surface area contributed by atoms with Crippen molar-refractivity contribution in [3.63, 3.8) is 0 Å². The van der Waals surface area contributed by atoms with Gasteiger partial charge in [-0.05, 0) is 6.42 Å². The van der Waals surface area contributed by atoms with Crippen molar-refractivity contribution < 1.29 is 13.6 Å². The second-order valence-electron chi connectivity index (χ2n) is 3.52. The number of amidine groups is 1. The van der Waals surface area contributed by atoms with Crippen molar-refractivity contribution in [3.05, 3.63) is 0 Å². The molecule has 7 nitrogen and oxygen atoms in total. The SMILES string of the molecule is CCC(CC(N)=NO)NCCNS(C)(=O)=O. The molecule has 8 heteroatoms. The highest BCUT2D eigenvalue weighted by atomic mass is 32.2. The van der Waals surface area contributed by atoms with Gasteiger partial charge in [0.25, 0.3) is 0 Å². The first-order valence-electron chi connectivity index (χ1n) is 5.03. The molecule has 16 heavy (non-hydrogen) atoms. The maximum Gasteiger partial charge on any atom is 0.208 e. The Balaban J connectivity index is 3.80. The second kappa shape index (κ2) is 7.42. The van der Waals surface area contributed by atoms with E-state index in [1.807, 2.05) is 6.92 Å². The molecule has 0 radical (unpaired) electrons. The molecule has 1 atom stereocenters. The van der Waals surface area contributed by atoms with Crippen molar-refractivity contribution in [2.24, 2.45) is 10.9 Å². The number of rotatable bonds is 8. The van der Waals surface area contributed by atoms with Crippen LogP contribution in [0.4, 0.5) is 0 Å². The Labute approximate surface area is 96.1 Å². The van der Waals surface area contributed by atoms with E-state index in [4.69, 9.17) is 10.9 Å². The van der Waals surface area contributed by atoms with Crippen molar-refractivity contribution in [2.45, 2.75) is 25.8 Å². The summed E-state index contributed by atoms with van der Waals surface area (Å²) in [5.41, 5.74) is 5.37. The van der Waals surface area contributed by atoms with Gasteiger partial charge < -0.3 is 16.3 Å². The molecule has 0 aliphatic rings. The average Bonchev–Trinajstić information content (AvgIpc) is 2.20. The zero-order chi connectivity index (χ0) is 12.6. The molecule has 0 heterocycles. The molecule has 0 aliphatic heterocycles. The number of nitrogens with zero attached hydrogens (tertiary/aromatic N) is 1. The van der Waals surface area contributed by atoms with Crippen LogP contribution in [0, 0.1) is 0 Å². The third kappa shape index (κ3) is 8.45. The van der Waals surface area contributed by atoms with Gasteiger partial charge in [0.1, 0.15) is 5.84 Å². The van der Waals surface area contributed by atoms with Crippen LogP contribution in [-0.4, -0.2) is 44.8 Å². The molecule has 0 fully saturated rings. The minimum absolute atomic E-state index is 0.0808. The molecule has 0 aromatic rings. The predicted molar refractivity (Wildman–Crippen MR) is 63.0 cm³/mol. The summed E-state index contributed by atoms with van der Waals surface area (Å²) in [6, 6.07) is 0.0808. The van der Waals surface area contributed by atoms with E-state index < -0.39 is 10.0 Å². The first kappa shape index (κ1) is 15.1. The van der Waals surface area contributed by atoms with E-state index in [1.165, 1.54) is 0 Å². The minimum atomic E-state index is -3.13. The maximum atomic E-state index is 10.8. The van der Waals surface area contributed by atoms with Crippen molar-refractivity contribution in [2.75, 3.05) is 19.3 Å². The van der Waals surface area contributed by atoms with Crippen LogP contribution >= 0.6 is 0 Å². The van der Waals surface area contributed by atoms with Gasteiger partial charge in [0, 0.05) is 25.6 Å². The van der Waals surface area contributed by atoms with Gasteiger partial charge in [0.15, 0.2) is 0 Å². The van der Waals surface area contributed by atoms with Crippen LogP contribution in [0.2, 0.25) is 0 Å². The van der Waals surface area contributed by atoms with E-state index in [0.717, 1.165) is 12.7 Å². The zero-order valence-corrected chi connectivity index (χ0v) is 10.4. The van der Waals surface area contributed by atoms with Crippen molar-refractivity contribution in [1.29, 1.82) is 0 Å². The molecule has 5 N–H and O–H groups in total. The Morgan fingerprint density at radius 3 is 2.56 bits per heavy atom. The maximum absolute atomic E-state index is 10.8. The summed E-state index contributed by atoms with van der Waals surface area (Å²) >= 11 is 0. The van der Waals surface area contributed by atoms with E-state index in [2.05, 4.69) is 15.2 Å². The monoisotopic (exact) mass is 252 g/mol. The lowest BCUT2D eigenvalue weighted by atomic mass is 10.1. The lowest BCUT2D eigenvalue weighted by Gasteiger charge is -2.15. The highest BCUT2D eigenvalue weighted by molar-refractivity contribution is 7.88. The molecule has 0 saturated carbocycles. The summed E-state index contributed by atoms with van der Waals surface area (Å²) in [7, 11) is -3.13. The normalized spacial score (nSPS) is 15.0. The third-order valence-electron chi connectivity index (χ3n) is 2.00. The van der Waals surface area contributed by atoms with E-state index in [9.17, 15) is 8.42 Å². The number of hydrogen-bond acceptors (Lipinski definition) is 5. The molecule has 0 spiro atoms. The van der Waals surface area contributed by atoms with Crippen LogP contribution in [0.15, 0.2) is 5.16 Å². The molecule has 0 amide bonds. The largest absolute Gasteiger partial charge is 0.409 e. The third-order valence-corrected chi connectivity index (χ3v) is 2.73. The first-order chi connectivity index (χ1) is 7.39. The second-order valence-corrected chi connectivity index (χ2v) is 5.35. The number of nitrogens with one attached hydrogen (secondary N) is 2. The van der Waals surface area contributed by atoms with Gasteiger partial charge in [0.2, 0.25) is 10.0 Å². The lowest BCUT2D eigenvalue weighted by molar-refractivity contribution is 0.315. The lowest BCUT2D eigenvalue weighted by Crippen LogP contribution is -2.38. The predicted octanol–water partition coefficient (Wildman–Crippen LogP) is -0.960. The van der Waals surface area contributed by atoms with Crippen LogP contribution < -0.4 is 15.8 Å². The highest BCUT2D eigenvalue weighted by Gasteiger charge is 2.08. The molecule has 0 aliphatic carbocycles. The topological polar surface area (TPSA) is 117 Å². The van der Waals surface area contributed by atoms with Gasteiger partial charge in [-0.15, -0.1) is 0 Å². The fourth-order valence-electron chi connectivity index (χ4n) is 1.17. The Hall–Kier alpha value is -0.860. The summed E-state index contributed by atoms with van der Waals surface area (Å²) in [5.74, 6) is 0.162. The van der Waals surface area contributed by atoms with Crippen LogP contribution in [0.3, 0.4) is 0 Å². The van der Waals surface area contributed by atoms with Gasteiger partial charge >= 0.3 is 0 Å². The van der Waals surface area contributed by atoms with Crippen LogP contribution in [0.1, 0.15) is 19.8 Å². The summed E-state index contributed by atoms with van der Waals surface area (Å²) in [6.45, 7) is 2.79. The van der Waals surface area contributed by atoms with E-state index in [-0.39, 0.29) is 11.9 Å². The van der Waals surface area contributed by atoms with Gasteiger partial charge in [-0.2, -0.15) is 0 Å². The smallest absolute Gasteiger partial charge is 0.208 e. The Kier molecular flexibility index (Phi) is 7.02. The standard InChI is InChI=1S/C8H20N4O3S/c1-3-7(6-8(9)12-13)10-4-5-11-16(2,14)15/h7,10-11,13H,3-6H2,1-2H3,(H2,9,12). The fraction of sp³-hybridized carbons (Fsp3) is 0.875. The van der Waals surface area contributed by atoms with E-state index in [1.54, 1.807) is 0 Å². The first-order valence-corrected chi connectivity index (χ1v) is 6.92. The summed E-state index contributed by atoms with van der Waals surface area (Å²) in [4.78, 5) is 0. The molecule has 0 rings (SSSR count). The van der Waals surface area contributed by atoms with Gasteiger partial charge in [0.05, 0.1) is 6.26 Å². The number of sulfonamides is 1. The summed E-state index contributed by atoms with van der Waals surface area (Å²) < 4.78 is 23.9. The number of hydrogen-bond donors (Lipinski definition) is 4. The van der Waals surface area contributed by atoms with E-state index in [0.29, 0.717) is 19.5 Å². The van der Waals surface area contributed by atoms with Gasteiger partial charge in [-0.3, -0.25) is 0 Å². The Morgan fingerprint density at radius 1 is 1.50 bits per heavy atom. The van der Waals surface area contributed by atoms with Crippen molar-refractivity contribution in [3.8, 4) is 0 Å². The molecule has 0 aromatic heterocycles. The van der Waals surface area contributed by atoms with Crippen LogP contribution in [0.25, 0.3) is 0 Å². The van der Waals surface area contributed by atoms with E-state index >= 15 is 0 Å². The number of nitrogens with two attached hydrogens (primary N) is 1. The minimum Gasteiger partial charge on any atom is -0.409 e.